The maximum Gasteiger partial charge on any atom is 0.243 e. The lowest BCUT2D eigenvalue weighted by Gasteiger charge is -2.33. The van der Waals surface area contributed by atoms with Gasteiger partial charge in [-0.25, -0.2) is 12.7 Å². The third kappa shape index (κ3) is 13.0. The highest BCUT2D eigenvalue weighted by atomic mass is 32.2. The molecule has 48 heavy (non-hydrogen) atoms. The van der Waals surface area contributed by atoms with E-state index >= 15 is 0 Å². The number of rotatable bonds is 19. The Morgan fingerprint density at radius 1 is 1.00 bits per heavy atom. The fraction of sp³-hybridized carbons (Fsp3) is 0.595. The number of sulfonamides is 1. The number of aromatic nitrogens is 1. The number of nitrogens with one attached hydrogen (secondary N) is 2. The number of likely N-dealkylation sites (N-methyl/N-ethyl adjacent to an activating group) is 1. The Kier molecular flexibility index (Phi) is 16.0. The molecule has 1 aromatic carbocycles. The van der Waals surface area contributed by atoms with Crippen LogP contribution in [0.4, 0.5) is 0 Å². The van der Waals surface area contributed by atoms with E-state index in [-0.39, 0.29) is 25.3 Å². The van der Waals surface area contributed by atoms with Gasteiger partial charge in [0.05, 0.1) is 23.8 Å². The Balaban J connectivity index is 1.77. The molecule has 3 rings (SSSR count). The molecule has 2 aromatic rings. The molecule has 11 heteroatoms. The SMILES string of the molecule is C#CCC(NC(=O)C(Cc1ccccc1)CS(=O)(=O)N(C)CCc1ccncc1)C(=O)N[C@@H](CC1CCCCC1)[C@@H](O)C(O)CC(C)C. The van der Waals surface area contributed by atoms with Gasteiger partial charge in [0.1, 0.15) is 12.1 Å². The van der Waals surface area contributed by atoms with E-state index in [9.17, 15) is 28.2 Å². The van der Waals surface area contributed by atoms with Crippen LogP contribution in [0.15, 0.2) is 54.9 Å². The van der Waals surface area contributed by atoms with Crippen LogP contribution in [-0.4, -0.2) is 83.4 Å². The van der Waals surface area contributed by atoms with Gasteiger partial charge in [0, 0.05) is 32.4 Å². The first-order valence-corrected chi connectivity index (χ1v) is 18.8. The van der Waals surface area contributed by atoms with Crippen LogP contribution >= 0.6 is 0 Å². The summed E-state index contributed by atoms with van der Waals surface area (Å²) in [7, 11) is -2.38. The molecule has 1 aliphatic rings. The molecule has 10 nitrogen and oxygen atoms in total. The zero-order chi connectivity index (χ0) is 35.1. The number of amides is 2. The smallest absolute Gasteiger partial charge is 0.243 e. The Morgan fingerprint density at radius 2 is 1.67 bits per heavy atom. The number of benzene rings is 1. The monoisotopic (exact) mass is 682 g/mol. The summed E-state index contributed by atoms with van der Waals surface area (Å²) in [5, 5.41) is 27.6. The molecule has 1 aromatic heterocycles. The van der Waals surface area contributed by atoms with Gasteiger partial charge in [-0.2, -0.15) is 0 Å². The maximum atomic E-state index is 13.8. The zero-order valence-electron chi connectivity index (χ0n) is 28.6. The number of pyridine rings is 1. The number of aliphatic hydroxyl groups is 2. The number of aliphatic hydroxyl groups excluding tert-OH is 2. The fourth-order valence-corrected chi connectivity index (χ4v) is 7.74. The topological polar surface area (TPSA) is 149 Å². The molecule has 4 N–H and O–H groups in total. The lowest BCUT2D eigenvalue weighted by molar-refractivity contribution is -0.132. The van der Waals surface area contributed by atoms with Crippen molar-refractivity contribution in [3.8, 4) is 12.3 Å². The fourth-order valence-electron chi connectivity index (χ4n) is 6.34. The van der Waals surface area contributed by atoms with Gasteiger partial charge < -0.3 is 20.8 Å². The number of hydrogen-bond donors (Lipinski definition) is 4. The van der Waals surface area contributed by atoms with E-state index in [1.165, 1.54) is 11.4 Å². The highest BCUT2D eigenvalue weighted by Crippen LogP contribution is 2.29. The van der Waals surface area contributed by atoms with Crippen LogP contribution in [-0.2, 0) is 32.5 Å². The first-order chi connectivity index (χ1) is 22.9. The number of terminal acetylenes is 1. The zero-order valence-corrected chi connectivity index (χ0v) is 29.4. The minimum absolute atomic E-state index is 0.130. The molecule has 1 heterocycles. The standard InChI is InChI=1S/C37H54N4O6S/c1-5-12-32(37(45)40-33(25-30-15-10-7-11-16-30)35(43)34(42)23-27(2)3)39-36(44)31(24-29-13-8-6-9-14-29)26-48(46,47)41(4)22-19-28-17-20-38-21-18-28/h1,6,8-9,13-14,17-18,20-21,27,30-35,42-43H,7,10-12,15-16,19,22-26H2,2-4H3,(H,39,44)(H,40,45)/t31?,32?,33-,34?,35+/m0/s1. The molecular weight excluding hydrogens is 628 g/mol. The summed E-state index contributed by atoms with van der Waals surface area (Å²) < 4.78 is 28.3. The number of carbonyl (C=O) groups excluding carboxylic acids is 2. The van der Waals surface area contributed by atoms with E-state index in [0.29, 0.717) is 25.2 Å². The molecule has 0 bridgehead atoms. The van der Waals surface area contributed by atoms with Gasteiger partial charge in [-0.15, -0.1) is 12.3 Å². The quantitative estimate of drug-likeness (QED) is 0.166. The summed E-state index contributed by atoms with van der Waals surface area (Å²) in [6.45, 7) is 4.13. The maximum absolute atomic E-state index is 13.8. The first kappa shape index (κ1) is 39.1. The Labute approximate surface area is 287 Å². The van der Waals surface area contributed by atoms with E-state index in [0.717, 1.165) is 43.2 Å². The largest absolute Gasteiger partial charge is 0.390 e. The van der Waals surface area contributed by atoms with E-state index in [1.54, 1.807) is 12.4 Å². The average Bonchev–Trinajstić information content (AvgIpc) is 3.07. The molecule has 2 amide bonds. The number of carbonyl (C=O) groups is 2. The minimum atomic E-state index is -3.87. The molecule has 1 fully saturated rings. The van der Waals surface area contributed by atoms with Crippen LogP contribution in [0.5, 0.6) is 0 Å². The summed E-state index contributed by atoms with van der Waals surface area (Å²) >= 11 is 0. The normalized spacial score (nSPS) is 17.2. The Bertz CT molecular complexity index is 1410. The minimum Gasteiger partial charge on any atom is -0.390 e. The van der Waals surface area contributed by atoms with Crippen molar-refractivity contribution in [1.82, 2.24) is 19.9 Å². The van der Waals surface area contributed by atoms with Gasteiger partial charge >= 0.3 is 0 Å². The molecule has 1 aliphatic carbocycles. The van der Waals surface area contributed by atoms with E-state index in [4.69, 9.17) is 6.42 Å². The van der Waals surface area contributed by atoms with Crippen molar-refractivity contribution in [3.05, 3.63) is 66.0 Å². The van der Waals surface area contributed by atoms with Gasteiger partial charge in [-0.1, -0.05) is 76.3 Å². The van der Waals surface area contributed by atoms with Gasteiger partial charge in [-0.05, 0) is 60.8 Å². The van der Waals surface area contributed by atoms with Crippen molar-refractivity contribution in [2.75, 3.05) is 19.3 Å². The average molecular weight is 683 g/mol. The van der Waals surface area contributed by atoms with Gasteiger partial charge in [-0.3, -0.25) is 14.6 Å². The van der Waals surface area contributed by atoms with Crippen molar-refractivity contribution in [2.24, 2.45) is 17.8 Å². The highest BCUT2D eigenvalue weighted by Gasteiger charge is 2.35. The van der Waals surface area contributed by atoms with Gasteiger partial charge in [0.25, 0.3) is 0 Å². The van der Waals surface area contributed by atoms with Gasteiger partial charge in [0.2, 0.25) is 21.8 Å². The summed E-state index contributed by atoms with van der Waals surface area (Å²) in [4.78, 5) is 31.6. The summed E-state index contributed by atoms with van der Waals surface area (Å²) in [6, 6.07) is 10.9. The molecule has 0 aliphatic heterocycles. The number of nitrogens with zero attached hydrogens (tertiary/aromatic N) is 2. The predicted octanol–water partition coefficient (Wildman–Crippen LogP) is 3.48. The van der Waals surface area contributed by atoms with Crippen molar-refractivity contribution in [3.63, 3.8) is 0 Å². The van der Waals surface area contributed by atoms with Crippen LogP contribution in [0, 0.1) is 30.1 Å². The van der Waals surface area contributed by atoms with Crippen LogP contribution in [0.25, 0.3) is 0 Å². The lowest BCUT2D eigenvalue weighted by atomic mass is 9.82. The van der Waals surface area contributed by atoms with E-state index in [2.05, 4.69) is 21.5 Å². The third-order valence-corrected chi connectivity index (χ3v) is 11.1. The first-order valence-electron chi connectivity index (χ1n) is 17.2. The van der Waals surface area contributed by atoms with Crippen LogP contribution in [0.1, 0.15) is 76.3 Å². The Morgan fingerprint density at radius 3 is 2.29 bits per heavy atom. The molecule has 0 spiro atoms. The van der Waals surface area contributed by atoms with Crippen molar-refractivity contribution < 1.29 is 28.2 Å². The molecule has 1 saturated carbocycles. The molecule has 0 radical (unpaired) electrons. The highest BCUT2D eigenvalue weighted by molar-refractivity contribution is 7.89. The van der Waals surface area contributed by atoms with Crippen LogP contribution < -0.4 is 10.6 Å². The molecule has 264 valence electrons. The summed E-state index contributed by atoms with van der Waals surface area (Å²) in [5.41, 5.74) is 1.72. The third-order valence-electron chi connectivity index (χ3n) is 9.16. The molecular formula is C37H54N4O6S. The van der Waals surface area contributed by atoms with Crippen molar-refractivity contribution in [1.29, 1.82) is 0 Å². The molecule has 0 saturated heterocycles. The summed E-state index contributed by atoms with van der Waals surface area (Å²) in [5.74, 6) is 0.235. The van der Waals surface area contributed by atoms with Crippen LogP contribution in [0.3, 0.4) is 0 Å². The molecule has 3 unspecified atom stereocenters. The van der Waals surface area contributed by atoms with Crippen LogP contribution in [0.2, 0.25) is 0 Å². The number of hydrogen-bond acceptors (Lipinski definition) is 7. The second kappa shape index (κ2) is 19.6. The van der Waals surface area contributed by atoms with Gasteiger partial charge in [0.15, 0.2) is 0 Å². The summed E-state index contributed by atoms with van der Waals surface area (Å²) in [6.07, 6.45) is 13.4. The van der Waals surface area contributed by atoms with Crippen molar-refractivity contribution in [2.45, 2.75) is 102 Å². The van der Waals surface area contributed by atoms with E-state index < -0.39 is 57.8 Å². The van der Waals surface area contributed by atoms with Crippen molar-refractivity contribution >= 4 is 21.8 Å². The predicted molar refractivity (Wildman–Crippen MR) is 188 cm³/mol. The second-order valence-electron chi connectivity index (χ2n) is 13.6. The van der Waals surface area contributed by atoms with E-state index in [1.807, 2.05) is 56.3 Å². The Hall–Kier alpha value is -3.30. The lowest BCUT2D eigenvalue weighted by Crippen LogP contribution is -2.56. The molecule has 5 atom stereocenters. The second-order valence-corrected chi connectivity index (χ2v) is 15.7.